The monoisotopic (exact) mass is 669 g/mol. The zero-order valence-electron chi connectivity index (χ0n) is 25.6. The zero-order chi connectivity index (χ0) is 33.2. The number of rotatable bonds is 4. The molecule has 0 aliphatic carbocycles. The molecule has 6 rings (SSSR count). The van der Waals surface area contributed by atoms with Crippen molar-refractivity contribution in [2.75, 3.05) is 30.3 Å². The molecular formula is C32H31Cl2F2N7O3. The van der Waals surface area contributed by atoms with Crippen LogP contribution in [0.3, 0.4) is 0 Å². The van der Waals surface area contributed by atoms with E-state index in [4.69, 9.17) is 33.7 Å². The van der Waals surface area contributed by atoms with Gasteiger partial charge in [0, 0.05) is 31.7 Å². The maximum absolute atomic E-state index is 16.8. The quantitative estimate of drug-likeness (QED) is 0.164. The van der Waals surface area contributed by atoms with Gasteiger partial charge in [0.2, 0.25) is 5.91 Å². The fraction of sp³-hybridized carbons (Fsp3) is 0.344. The third-order valence-electron chi connectivity index (χ3n) is 8.54. The van der Waals surface area contributed by atoms with Crippen molar-refractivity contribution in [2.24, 2.45) is 0 Å². The number of ether oxygens (including phenoxy) is 1. The second kappa shape index (κ2) is 11.8. The van der Waals surface area contributed by atoms with E-state index in [1.807, 2.05) is 32.6 Å². The van der Waals surface area contributed by atoms with Gasteiger partial charge in [-0.15, -0.1) is 0 Å². The number of fused-ring (bicyclic) bond motifs is 2. The Labute approximate surface area is 273 Å². The van der Waals surface area contributed by atoms with E-state index in [2.05, 4.69) is 21.5 Å². The molecule has 1 amide bonds. The van der Waals surface area contributed by atoms with Crippen LogP contribution in [0.15, 0.2) is 35.8 Å². The standard InChI is InChI=1S/C32H31Cl2F2N7O3/c1-6-20(44)41-13-17-8-10-46-29-22-30(42(17)12-16(41)5)40-32(45)43(28-15(4)7-9-38-26(28)14(2)3)31(22)39-27(24(29)36)21-23(35)18(33)11-19(34)25(21)37/h6-7,9,11,14,16-17H,1,8,10,12-13,37H2,2-5H3. The lowest BCUT2D eigenvalue weighted by Crippen LogP contribution is -2.60. The van der Waals surface area contributed by atoms with Gasteiger partial charge in [-0.2, -0.15) is 4.98 Å². The predicted octanol–water partition coefficient (Wildman–Crippen LogP) is 5.82. The van der Waals surface area contributed by atoms with Crippen LogP contribution in [0.4, 0.5) is 20.3 Å². The molecule has 2 aliphatic rings. The lowest BCUT2D eigenvalue weighted by Gasteiger charge is -2.46. The number of nitrogens with zero attached hydrogens (tertiary/aromatic N) is 6. The first-order chi connectivity index (χ1) is 21.8. The first-order valence-electron chi connectivity index (χ1n) is 14.7. The van der Waals surface area contributed by atoms with Gasteiger partial charge in [0.1, 0.15) is 16.9 Å². The lowest BCUT2D eigenvalue weighted by molar-refractivity contribution is -0.129. The topological polar surface area (TPSA) is 119 Å². The number of aromatic nitrogens is 4. The SMILES string of the molecule is C=CC(=O)N1CC2CCOc3c(F)c(-c4c(N)c(Cl)cc(Cl)c4F)nc4c3c(nc(=O)n4-c3c(C)ccnc3C(C)C)N2CC1C. The Morgan fingerprint density at radius 1 is 1.20 bits per heavy atom. The van der Waals surface area contributed by atoms with Crippen LogP contribution in [0, 0.1) is 18.6 Å². The summed E-state index contributed by atoms with van der Waals surface area (Å²) in [6, 6.07) is 2.24. The van der Waals surface area contributed by atoms with Gasteiger partial charge >= 0.3 is 5.69 Å². The molecule has 1 saturated heterocycles. The van der Waals surface area contributed by atoms with E-state index < -0.39 is 28.6 Å². The molecule has 14 heteroatoms. The summed E-state index contributed by atoms with van der Waals surface area (Å²) in [6.45, 7) is 11.8. The average molecular weight is 671 g/mol. The van der Waals surface area contributed by atoms with Crippen molar-refractivity contribution in [3.8, 4) is 22.7 Å². The number of carbonyl (C=O) groups is 1. The molecule has 1 fully saturated rings. The van der Waals surface area contributed by atoms with Crippen LogP contribution in [0.25, 0.3) is 28.0 Å². The van der Waals surface area contributed by atoms with Gasteiger partial charge in [0.15, 0.2) is 23.0 Å². The average Bonchev–Trinajstić information content (AvgIpc) is 3.00. The number of nitrogens with two attached hydrogens (primary N) is 1. The number of anilines is 2. The molecule has 0 bridgehead atoms. The molecule has 5 heterocycles. The first kappa shape index (κ1) is 31.7. The van der Waals surface area contributed by atoms with Gasteiger partial charge in [0.05, 0.1) is 45.3 Å². The van der Waals surface area contributed by atoms with Crippen molar-refractivity contribution < 1.29 is 18.3 Å². The van der Waals surface area contributed by atoms with Crippen molar-refractivity contribution in [3.63, 3.8) is 0 Å². The number of amides is 1. The summed E-state index contributed by atoms with van der Waals surface area (Å²) in [4.78, 5) is 44.1. The fourth-order valence-electron chi connectivity index (χ4n) is 6.28. The van der Waals surface area contributed by atoms with Crippen LogP contribution in [-0.4, -0.2) is 62.1 Å². The Balaban J connectivity index is 1.75. The number of carbonyl (C=O) groups excluding carboxylic acids is 1. The minimum atomic E-state index is -1.03. The molecule has 0 spiro atoms. The summed E-state index contributed by atoms with van der Waals surface area (Å²) in [7, 11) is 0. The maximum Gasteiger partial charge on any atom is 0.355 e. The third-order valence-corrected chi connectivity index (χ3v) is 9.13. The molecular weight excluding hydrogens is 639 g/mol. The Bertz CT molecular complexity index is 1980. The number of benzene rings is 1. The molecule has 2 aliphatic heterocycles. The number of hydrogen-bond donors (Lipinski definition) is 1. The van der Waals surface area contributed by atoms with Crippen molar-refractivity contribution in [1.82, 2.24) is 24.4 Å². The summed E-state index contributed by atoms with van der Waals surface area (Å²) in [5.74, 6) is -2.57. The molecule has 2 N–H and O–H groups in total. The molecule has 1 aromatic carbocycles. The van der Waals surface area contributed by atoms with Gasteiger partial charge in [0.25, 0.3) is 0 Å². The summed E-state index contributed by atoms with van der Waals surface area (Å²) >= 11 is 12.4. The van der Waals surface area contributed by atoms with Crippen molar-refractivity contribution in [2.45, 2.75) is 52.1 Å². The number of hydrogen-bond acceptors (Lipinski definition) is 8. The van der Waals surface area contributed by atoms with Crippen molar-refractivity contribution >= 4 is 51.6 Å². The lowest BCUT2D eigenvalue weighted by atomic mass is 10.0. The largest absolute Gasteiger partial charge is 0.489 e. The van der Waals surface area contributed by atoms with Crippen LogP contribution in [0.5, 0.6) is 5.75 Å². The maximum atomic E-state index is 16.8. The number of halogens is 4. The molecule has 46 heavy (non-hydrogen) atoms. The molecule has 3 aromatic heterocycles. The van der Waals surface area contributed by atoms with Crippen LogP contribution >= 0.6 is 23.2 Å². The summed E-state index contributed by atoms with van der Waals surface area (Å²) in [6.07, 6.45) is 3.25. The van der Waals surface area contributed by atoms with E-state index in [-0.39, 0.29) is 75.4 Å². The fourth-order valence-corrected chi connectivity index (χ4v) is 6.75. The highest BCUT2D eigenvalue weighted by atomic mass is 35.5. The van der Waals surface area contributed by atoms with E-state index in [0.29, 0.717) is 29.9 Å². The highest BCUT2D eigenvalue weighted by molar-refractivity contribution is 6.37. The van der Waals surface area contributed by atoms with Crippen LogP contribution in [-0.2, 0) is 4.79 Å². The smallest absolute Gasteiger partial charge is 0.355 e. The van der Waals surface area contributed by atoms with Crippen molar-refractivity contribution in [1.29, 1.82) is 0 Å². The molecule has 2 atom stereocenters. The van der Waals surface area contributed by atoms with Gasteiger partial charge in [-0.25, -0.2) is 23.1 Å². The molecule has 10 nitrogen and oxygen atoms in total. The minimum absolute atomic E-state index is 0.0249. The van der Waals surface area contributed by atoms with Gasteiger partial charge in [-0.1, -0.05) is 43.6 Å². The first-order valence-corrected chi connectivity index (χ1v) is 15.5. The normalized spacial score (nSPS) is 17.8. The van der Waals surface area contributed by atoms with E-state index in [1.54, 1.807) is 17.2 Å². The van der Waals surface area contributed by atoms with E-state index in [9.17, 15) is 9.59 Å². The van der Waals surface area contributed by atoms with Crippen LogP contribution in [0.1, 0.15) is 44.4 Å². The van der Waals surface area contributed by atoms with Gasteiger partial charge < -0.3 is 20.3 Å². The second-order valence-electron chi connectivity index (χ2n) is 11.8. The van der Waals surface area contributed by atoms with E-state index in [0.717, 1.165) is 6.07 Å². The second-order valence-corrected chi connectivity index (χ2v) is 12.6. The number of aryl methyl sites for hydroxylation is 1. The molecule has 0 radical (unpaired) electrons. The minimum Gasteiger partial charge on any atom is -0.489 e. The van der Waals surface area contributed by atoms with Gasteiger partial charge in [-0.3, -0.25) is 9.78 Å². The predicted molar refractivity (Wildman–Crippen MR) is 174 cm³/mol. The molecule has 0 saturated carbocycles. The third kappa shape index (κ3) is 4.94. The van der Waals surface area contributed by atoms with Crippen LogP contribution < -0.4 is 21.1 Å². The summed E-state index contributed by atoms with van der Waals surface area (Å²) in [5, 5.41) is -0.389. The van der Waals surface area contributed by atoms with Crippen molar-refractivity contribution in [3.05, 3.63) is 74.4 Å². The van der Waals surface area contributed by atoms with Crippen LogP contribution in [0.2, 0.25) is 10.0 Å². The number of pyridine rings is 2. The van der Waals surface area contributed by atoms with E-state index >= 15 is 8.78 Å². The summed E-state index contributed by atoms with van der Waals surface area (Å²) < 4.78 is 39.8. The van der Waals surface area contributed by atoms with E-state index in [1.165, 1.54) is 10.6 Å². The molecule has 240 valence electrons. The zero-order valence-corrected chi connectivity index (χ0v) is 27.1. The Kier molecular flexibility index (Phi) is 8.14. The highest BCUT2D eigenvalue weighted by Gasteiger charge is 2.39. The Morgan fingerprint density at radius 2 is 1.93 bits per heavy atom. The molecule has 4 aromatic rings. The van der Waals surface area contributed by atoms with Gasteiger partial charge in [-0.05, 0) is 43.5 Å². The number of nitrogen functional groups attached to an aromatic ring is 1. The Hall–Kier alpha value is -4.29. The number of piperazine rings is 1. The summed E-state index contributed by atoms with van der Waals surface area (Å²) in [5.41, 5.74) is 5.79. The molecule has 2 unspecified atom stereocenters. The Morgan fingerprint density at radius 3 is 2.63 bits per heavy atom. The highest BCUT2D eigenvalue weighted by Crippen LogP contribution is 2.45.